The Morgan fingerprint density at radius 1 is 1.26 bits per heavy atom. The van der Waals surface area contributed by atoms with Crippen molar-refractivity contribution in [2.24, 2.45) is 0 Å². The summed E-state index contributed by atoms with van der Waals surface area (Å²) in [7, 11) is 0. The van der Waals surface area contributed by atoms with Gasteiger partial charge in [-0.2, -0.15) is 0 Å². The third-order valence-electron chi connectivity index (χ3n) is 4.11. The number of rotatable bonds is 2. The highest BCUT2D eigenvalue weighted by atomic mass is 16.2. The fraction of sp³-hybridized carbons (Fsp3) is 0.733. The average molecular weight is 264 g/mol. The SMILES string of the molecule is CC(C)=CCN1CCC(=O)NC2(CCCCC2)C1=O. The lowest BCUT2D eigenvalue weighted by atomic mass is 9.80. The van der Waals surface area contributed by atoms with Gasteiger partial charge in [0.2, 0.25) is 11.8 Å². The van der Waals surface area contributed by atoms with E-state index in [4.69, 9.17) is 0 Å². The van der Waals surface area contributed by atoms with Crippen LogP contribution >= 0.6 is 0 Å². The monoisotopic (exact) mass is 264 g/mol. The summed E-state index contributed by atoms with van der Waals surface area (Å²) < 4.78 is 0. The van der Waals surface area contributed by atoms with Gasteiger partial charge in [-0.15, -0.1) is 0 Å². The van der Waals surface area contributed by atoms with Crippen LogP contribution in [0.25, 0.3) is 0 Å². The number of nitrogens with one attached hydrogen (secondary N) is 1. The van der Waals surface area contributed by atoms with Gasteiger partial charge in [-0.05, 0) is 26.7 Å². The van der Waals surface area contributed by atoms with Crippen molar-refractivity contribution in [2.75, 3.05) is 13.1 Å². The summed E-state index contributed by atoms with van der Waals surface area (Å²) in [5, 5.41) is 3.01. The minimum Gasteiger partial charge on any atom is -0.342 e. The Balaban J connectivity index is 2.19. The summed E-state index contributed by atoms with van der Waals surface area (Å²) in [5.41, 5.74) is 0.593. The fourth-order valence-corrected chi connectivity index (χ4v) is 2.98. The summed E-state index contributed by atoms with van der Waals surface area (Å²) in [6.07, 6.45) is 7.30. The largest absolute Gasteiger partial charge is 0.342 e. The molecular weight excluding hydrogens is 240 g/mol. The molecule has 1 saturated carbocycles. The first kappa shape index (κ1) is 14.1. The zero-order valence-corrected chi connectivity index (χ0v) is 12.0. The maximum Gasteiger partial charge on any atom is 0.248 e. The van der Waals surface area contributed by atoms with Crippen molar-refractivity contribution in [1.29, 1.82) is 0 Å². The van der Waals surface area contributed by atoms with Crippen molar-refractivity contribution in [2.45, 2.75) is 57.9 Å². The highest BCUT2D eigenvalue weighted by Gasteiger charge is 2.44. The molecule has 0 unspecified atom stereocenters. The quantitative estimate of drug-likeness (QED) is 0.776. The van der Waals surface area contributed by atoms with Gasteiger partial charge in [0.05, 0.1) is 0 Å². The van der Waals surface area contributed by atoms with Crippen molar-refractivity contribution in [3.05, 3.63) is 11.6 Å². The van der Waals surface area contributed by atoms with E-state index < -0.39 is 5.54 Å². The number of hydrogen-bond acceptors (Lipinski definition) is 2. The van der Waals surface area contributed by atoms with Crippen LogP contribution in [0.1, 0.15) is 52.4 Å². The molecule has 2 rings (SSSR count). The molecular formula is C15H24N2O2. The van der Waals surface area contributed by atoms with Crippen LogP contribution in [0.15, 0.2) is 11.6 Å². The molecule has 19 heavy (non-hydrogen) atoms. The molecule has 1 spiro atoms. The molecule has 0 aromatic carbocycles. The molecule has 106 valence electrons. The molecule has 1 aliphatic carbocycles. The summed E-state index contributed by atoms with van der Waals surface area (Å²) in [5.74, 6) is 0.144. The van der Waals surface area contributed by atoms with E-state index in [1.54, 1.807) is 0 Å². The number of hydrogen-bond donors (Lipinski definition) is 1. The van der Waals surface area contributed by atoms with Crippen molar-refractivity contribution < 1.29 is 9.59 Å². The van der Waals surface area contributed by atoms with E-state index in [2.05, 4.69) is 11.4 Å². The Bertz CT molecular complexity index is 391. The van der Waals surface area contributed by atoms with Gasteiger partial charge in [0.25, 0.3) is 0 Å². The third-order valence-corrected chi connectivity index (χ3v) is 4.11. The van der Waals surface area contributed by atoms with Crippen LogP contribution in [0.4, 0.5) is 0 Å². The lowest BCUT2D eigenvalue weighted by Crippen LogP contribution is -2.58. The van der Waals surface area contributed by atoms with Crippen LogP contribution in [0, 0.1) is 0 Å². The Kier molecular flexibility index (Phi) is 4.27. The van der Waals surface area contributed by atoms with E-state index in [0.717, 1.165) is 25.7 Å². The molecule has 0 aromatic heterocycles. The smallest absolute Gasteiger partial charge is 0.248 e. The van der Waals surface area contributed by atoms with Crippen LogP contribution in [-0.4, -0.2) is 35.3 Å². The van der Waals surface area contributed by atoms with E-state index in [9.17, 15) is 9.59 Å². The second kappa shape index (κ2) is 5.76. The van der Waals surface area contributed by atoms with Crippen molar-refractivity contribution in [3.8, 4) is 0 Å². The molecule has 1 saturated heterocycles. The lowest BCUT2D eigenvalue weighted by Gasteiger charge is -2.37. The van der Waals surface area contributed by atoms with Gasteiger partial charge in [0.1, 0.15) is 5.54 Å². The zero-order valence-electron chi connectivity index (χ0n) is 12.0. The molecule has 2 fully saturated rings. The van der Waals surface area contributed by atoms with Crippen LogP contribution in [0.3, 0.4) is 0 Å². The number of carbonyl (C=O) groups excluding carboxylic acids is 2. The summed E-state index contributed by atoms with van der Waals surface area (Å²) in [4.78, 5) is 26.5. The first-order valence-corrected chi connectivity index (χ1v) is 7.27. The summed E-state index contributed by atoms with van der Waals surface area (Å²) in [6, 6.07) is 0. The molecule has 4 nitrogen and oxygen atoms in total. The van der Waals surface area contributed by atoms with Gasteiger partial charge < -0.3 is 10.2 Å². The molecule has 2 aliphatic rings. The van der Waals surface area contributed by atoms with Gasteiger partial charge in [-0.3, -0.25) is 9.59 Å². The van der Waals surface area contributed by atoms with Gasteiger partial charge in [-0.25, -0.2) is 0 Å². The third kappa shape index (κ3) is 3.17. The maximum absolute atomic E-state index is 12.8. The number of carbonyl (C=O) groups is 2. The van der Waals surface area contributed by atoms with E-state index in [1.165, 1.54) is 12.0 Å². The Morgan fingerprint density at radius 3 is 2.58 bits per heavy atom. The summed E-state index contributed by atoms with van der Waals surface area (Å²) >= 11 is 0. The molecule has 1 aliphatic heterocycles. The van der Waals surface area contributed by atoms with E-state index in [1.807, 2.05) is 18.7 Å². The molecule has 1 heterocycles. The topological polar surface area (TPSA) is 49.4 Å². The van der Waals surface area contributed by atoms with Crippen LogP contribution in [0.5, 0.6) is 0 Å². The Hall–Kier alpha value is -1.32. The number of nitrogens with zero attached hydrogens (tertiary/aromatic N) is 1. The molecule has 0 atom stereocenters. The number of amides is 2. The molecule has 1 N–H and O–H groups in total. The Morgan fingerprint density at radius 2 is 1.95 bits per heavy atom. The van der Waals surface area contributed by atoms with E-state index in [-0.39, 0.29) is 11.8 Å². The van der Waals surface area contributed by atoms with Crippen LogP contribution < -0.4 is 5.32 Å². The predicted molar refractivity (Wildman–Crippen MR) is 74.6 cm³/mol. The van der Waals surface area contributed by atoms with E-state index in [0.29, 0.717) is 19.5 Å². The van der Waals surface area contributed by atoms with Gasteiger partial charge in [-0.1, -0.05) is 30.9 Å². The molecule has 0 radical (unpaired) electrons. The molecule has 4 heteroatoms. The maximum atomic E-state index is 12.8. The van der Waals surface area contributed by atoms with Crippen LogP contribution in [0.2, 0.25) is 0 Å². The van der Waals surface area contributed by atoms with Gasteiger partial charge in [0, 0.05) is 19.5 Å². The second-order valence-electron chi connectivity index (χ2n) is 5.97. The predicted octanol–water partition coefficient (Wildman–Crippen LogP) is 2.00. The van der Waals surface area contributed by atoms with Crippen molar-refractivity contribution in [1.82, 2.24) is 10.2 Å². The summed E-state index contributed by atoms with van der Waals surface area (Å²) in [6.45, 7) is 5.22. The van der Waals surface area contributed by atoms with Crippen molar-refractivity contribution >= 4 is 11.8 Å². The number of allylic oxidation sites excluding steroid dienone is 1. The normalized spacial score (nSPS) is 22.9. The van der Waals surface area contributed by atoms with E-state index >= 15 is 0 Å². The van der Waals surface area contributed by atoms with Crippen LogP contribution in [-0.2, 0) is 9.59 Å². The first-order chi connectivity index (χ1) is 9.03. The molecule has 0 bridgehead atoms. The fourth-order valence-electron chi connectivity index (χ4n) is 2.98. The highest BCUT2D eigenvalue weighted by molar-refractivity contribution is 5.93. The molecule has 2 amide bonds. The Labute approximate surface area is 115 Å². The zero-order chi connectivity index (χ0) is 13.9. The highest BCUT2D eigenvalue weighted by Crippen LogP contribution is 2.31. The first-order valence-electron chi connectivity index (χ1n) is 7.27. The minimum atomic E-state index is -0.610. The minimum absolute atomic E-state index is 0.0231. The van der Waals surface area contributed by atoms with Crippen molar-refractivity contribution in [3.63, 3.8) is 0 Å². The standard InChI is InChI=1S/C15H24N2O2/c1-12(2)6-10-17-11-7-13(18)16-15(14(17)19)8-4-3-5-9-15/h6H,3-5,7-11H2,1-2H3,(H,16,18). The lowest BCUT2D eigenvalue weighted by molar-refractivity contribution is -0.139. The van der Waals surface area contributed by atoms with Gasteiger partial charge in [0.15, 0.2) is 0 Å². The second-order valence-corrected chi connectivity index (χ2v) is 5.97. The molecule has 0 aromatic rings. The average Bonchev–Trinajstić information content (AvgIpc) is 2.48. The van der Waals surface area contributed by atoms with Gasteiger partial charge >= 0.3 is 0 Å².